The first-order chi connectivity index (χ1) is 8.99. The van der Waals surface area contributed by atoms with E-state index in [4.69, 9.17) is 11.6 Å². The molecule has 1 N–H and O–H groups in total. The van der Waals surface area contributed by atoms with Gasteiger partial charge < -0.3 is 5.11 Å². The molecular formula is C14H10BrClF2O. The van der Waals surface area contributed by atoms with Crippen molar-refractivity contribution in [2.45, 2.75) is 12.5 Å². The van der Waals surface area contributed by atoms with Gasteiger partial charge in [-0.2, -0.15) is 0 Å². The number of hydrogen-bond donors (Lipinski definition) is 1. The van der Waals surface area contributed by atoms with E-state index in [1.807, 2.05) is 0 Å². The summed E-state index contributed by atoms with van der Waals surface area (Å²) in [5.41, 5.74) is 0.293. The van der Waals surface area contributed by atoms with Crippen molar-refractivity contribution in [1.29, 1.82) is 0 Å². The zero-order valence-corrected chi connectivity index (χ0v) is 12.0. The zero-order valence-electron chi connectivity index (χ0n) is 9.71. The summed E-state index contributed by atoms with van der Waals surface area (Å²) in [5.74, 6) is -1.53. The van der Waals surface area contributed by atoms with Gasteiger partial charge in [-0.05, 0) is 29.8 Å². The van der Waals surface area contributed by atoms with Crippen molar-refractivity contribution in [3.63, 3.8) is 0 Å². The Bertz CT molecular complexity index is 584. The maximum absolute atomic E-state index is 13.5. The molecule has 0 fully saturated rings. The Morgan fingerprint density at radius 2 is 1.79 bits per heavy atom. The van der Waals surface area contributed by atoms with Gasteiger partial charge in [-0.3, -0.25) is 0 Å². The molecule has 0 aliphatic rings. The number of hydrogen-bond acceptors (Lipinski definition) is 1. The molecular weight excluding hydrogens is 338 g/mol. The molecule has 0 spiro atoms. The third-order valence-corrected chi connectivity index (χ3v) is 3.61. The first-order valence-corrected chi connectivity index (χ1v) is 6.72. The zero-order chi connectivity index (χ0) is 14.0. The molecule has 1 atom stereocenters. The molecule has 2 aromatic rings. The number of aliphatic hydroxyl groups excluding tert-OH is 1. The van der Waals surface area contributed by atoms with Crippen molar-refractivity contribution in [3.8, 4) is 0 Å². The minimum atomic E-state index is -1.28. The lowest BCUT2D eigenvalue weighted by molar-refractivity contribution is 0.168. The van der Waals surface area contributed by atoms with E-state index in [0.29, 0.717) is 10.6 Å². The fourth-order valence-corrected chi connectivity index (χ4v) is 2.58. The molecule has 0 heterocycles. The van der Waals surface area contributed by atoms with Gasteiger partial charge in [-0.1, -0.05) is 39.7 Å². The molecule has 0 aromatic heterocycles. The first kappa shape index (κ1) is 14.4. The summed E-state index contributed by atoms with van der Waals surface area (Å²) in [6.07, 6.45) is -1.23. The molecule has 0 amide bonds. The van der Waals surface area contributed by atoms with Gasteiger partial charge in [0, 0.05) is 15.9 Å². The third-order valence-electron chi connectivity index (χ3n) is 2.76. The van der Waals surface area contributed by atoms with Crippen molar-refractivity contribution < 1.29 is 13.9 Å². The van der Waals surface area contributed by atoms with E-state index < -0.39 is 17.7 Å². The summed E-state index contributed by atoms with van der Waals surface area (Å²) in [7, 11) is 0. The normalized spacial score (nSPS) is 12.5. The van der Waals surface area contributed by atoms with Crippen LogP contribution in [0.15, 0.2) is 40.9 Å². The van der Waals surface area contributed by atoms with Gasteiger partial charge in [0.2, 0.25) is 0 Å². The number of aliphatic hydroxyl groups is 1. The van der Waals surface area contributed by atoms with Crippen molar-refractivity contribution in [2.24, 2.45) is 0 Å². The number of rotatable bonds is 3. The lowest BCUT2D eigenvalue weighted by atomic mass is 10.0. The highest BCUT2D eigenvalue weighted by molar-refractivity contribution is 9.10. The van der Waals surface area contributed by atoms with Crippen LogP contribution in [-0.4, -0.2) is 5.11 Å². The summed E-state index contributed by atoms with van der Waals surface area (Å²) in [4.78, 5) is 0. The fourth-order valence-electron chi connectivity index (χ4n) is 1.83. The van der Waals surface area contributed by atoms with Gasteiger partial charge in [0.05, 0.1) is 11.7 Å². The van der Waals surface area contributed by atoms with Gasteiger partial charge in [0.1, 0.15) is 11.6 Å². The fraction of sp³-hybridized carbons (Fsp3) is 0.143. The molecule has 1 nitrogen and oxygen atoms in total. The Kier molecular flexibility index (Phi) is 4.55. The monoisotopic (exact) mass is 346 g/mol. The second-order valence-electron chi connectivity index (χ2n) is 4.09. The maximum Gasteiger partial charge on any atom is 0.131 e. The average Bonchev–Trinajstić information content (AvgIpc) is 2.32. The second-order valence-corrected chi connectivity index (χ2v) is 5.41. The highest BCUT2D eigenvalue weighted by atomic mass is 79.9. The molecule has 1 unspecified atom stereocenters. The Hall–Kier alpha value is -0.970. The topological polar surface area (TPSA) is 20.2 Å². The molecule has 2 aromatic carbocycles. The molecule has 0 aliphatic heterocycles. The second kappa shape index (κ2) is 5.99. The van der Waals surface area contributed by atoms with Crippen LogP contribution in [-0.2, 0) is 6.42 Å². The molecule has 19 heavy (non-hydrogen) atoms. The van der Waals surface area contributed by atoms with Crippen LogP contribution in [0.4, 0.5) is 8.78 Å². The predicted octanol–water partition coefficient (Wildman–Crippen LogP) is 4.66. The predicted molar refractivity (Wildman–Crippen MR) is 74.2 cm³/mol. The van der Waals surface area contributed by atoms with Crippen molar-refractivity contribution >= 4 is 27.5 Å². The molecule has 100 valence electrons. The summed E-state index contributed by atoms with van der Waals surface area (Å²) < 4.78 is 27.9. The van der Waals surface area contributed by atoms with Crippen molar-refractivity contribution in [2.75, 3.05) is 0 Å². The summed E-state index contributed by atoms with van der Waals surface area (Å²) in [6.45, 7) is 0. The van der Waals surface area contributed by atoms with Crippen molar-refractivity contribution in [1.82, 2.24) is 0 Å². The summed E-state index contributed by atoms with van der Waals surface area (Å²) in [6, 6.07) is 8.62. The highest BCUT2D eigenvalue weighted by Crippen LogP contribution is 2.28. The summed E-state index contributed by atoms with van der Waals surface area (Å²) >= 11 is 9.28. The molecule has 0 saturated carbocycles. The van der Waals surface area contributed by atoms with Crippen LogP contribution in [0, 0.1) is 11.6 Å². The van der Waals surface area contributed by atoms with E-state index in [1.165, 1.54) is 6.07 Å². The lowest BCUT2D eigenvalue weighted by Crippen LogP contribution is -2.07. The van der Waals surface area contributed by atoms with Gasteiger partial charge in [-0.15, -0.1) is 0 Å². The molecule has 0 saturated heterocycles. The SMILES string of the molecule is OC(Cc1ccc(Br)cc1Cl)c1c(F)cccc1F. The van der Waals surface area contributed by atoms with Crippen LogP contribution >= 0.6 is 27.5 Å². The molecule has 5 heteroatoms. The van der Waals surface area contributed by atoms with Crippen LogP contribution in [0.5, 0.6) is 0 Å². The quantitative estimate of drug-likeness (QED) is 0.856. The minimum absolute atomic E-state index is 0.0456. The standard InChI is InChI=1S/C14H10BrClF2O/c15-9-5-4-8(10(16)7-9)6-13(19)14-11(17)2-1-3-12(14)18/h1-5,7,13,19H,6H2. The average molecular weight is 348 g/mol. The Balaban J connectivity index is 2.28. The Labute approximate surface area is 123 Å². The van der Waals surface area contributed by atoms with E-state index in [2.05, 4.69) is 15.9 Å². The van der Waals surface area contributed by atoms with Crippen LogP contribution in [0.25, 0.3) is 0 Å². The molecule has 0 aliphatic carbocycles. The van der Waals surface area contributed by atoms with Crippen LogP contribution in [0.1, 0.15) is 17.2 Å². The van der Waals surface area contributed by atoms with E-state index in [-0.39, 0.29) is 12.0 Å². The summed E-state index contributed by atoms with van der Waals surface area (Å²) in [5, 5.41) is 10.4. The molecule has 2 rings (SSSR count). The molecule has 0 bridgehead atoms. The Morgan fingerprint density at radius 3 is 2.37 bits per heavy atom. The highest BCUT2D eigenvalue weighted by Gasteiger charge is 2.19. The van der Waals surface area contributed by atoms with Crippen LogP contribution < -0.4 is 0 Å². The Morgan fingerprint density at radius 1 is 1.16 bits per heavy atom. The smallest absolute Gasteiger partial charge is 0.131 e. The van der Waals surface area contributed by atoms with Gasteiger partial charge in [-0.25, -0.2) is 8.78 Å². The number of halogens is 4. The van der Waals surface area contributed by atoms with E-state index in [0.717, 1.165) is 16.6 Å². The minimum Gasteiger partial charge on any atom is -0.388 e. The van der Waals surface area contributed by atoms with E-state index in [9.17, 15) is 13.9 Å². The maximum atomic E-state index is 13.5. The van der Waals surface area contributed by atoms with Gasteiger partial charge in [0.25, 0.3) is 0 Å². The number of benzene rings is 2. The first-order valence-electron chi connectivity index (χ1n) is 5.55. The van der Waals surface area contributed by atoms with Gasteiger partial charge >= 0.3 is 0 Å². The van der Waals surface area contributed by atoms with Gasteiger partial charge in [0.15, 0.2) is 0 Å². The van der Waals surface area contributed by atoms with Crippen molar-refractivity contribution in [3.05, 3.63) is 68.7 Å². The van der Waals surface area contributed by atoms with E-state index in [1.54, 1.807) is 18.2 Å². The van der Waals surface area contributed by atoms with E-state index >= 15 is 0 Å². The van der Waals surface area contributed by atoms with Crippen LogP contribution in [0.2, 0.25) is 5.02 Å². The third kappa shape index (κ3) is 3.32. The molecule has 0 radical (unpaired) electrons. The van der Waals surface area contributed by atoms with Crippen LogP contribution in [0.3, 0.4) is 0 Å². The lowest BCUT2D eigenvalue weighted by Gasteiger charge is -2.14. The largest absolute Gasteiger partial charge is 0.388 e.